The van der Waals surface area contributed by atoms with Gasteiger partial charge in [-0.15, -0.1) is 0 Å². The monoisotopic (exact) mass is 292 g/mol. The number of fused-ring (bicyclic) bond motifs is 3. The Morgan fingerprint density at radius 3 is 3.20 bits per heavy atom. The maximum atomic E-state index is 11.5. The van der Waals surface area contributed by atoms with E-state index in [-0.39, 0.29) is 12.1 Å². The molecule has 3 rings (SSSR count). The number of carbonyl (C=O) groups is 1. The number of alkyl carbamates (subject to hydrolysis) is 1. The van der Waals surface area contributed by atoms with Crippen molar-refractivity contribution in [1.29, 1.82) is 0 Å². The maximum Gasteiger partial charge on any atom is 0.407 e. The number of nitrogens with one attached hydrogen (secondary N) is 2. The second-order valence-electron chi connectivity index (χ2n) is 5.08. The molecule has 0 aliphatic heterocycles. The van der Waals surface area contributed by atoms with Crippen molar-refractivity contribution in [3.05, 3.63) is 34.5 Å². The molecule has 0 spiro atoms. The molecule has 0 saturated heterocycles. The number of rotatable bonds is 2. The number of halogens is 1. The summed E-state index contributed by atoms with van der Waals surface area (Å²) < 4.78 is 4.94. The van der Waals surface area contributed by atoms with E-state index in [1.165, 1.54) is 11.3 Å². The normalized spacial score (nSPS) is 17.8. The van der Waals surface area contributed by atoms with Gasteiger partial charge in [0.25, 0.3) is 0 Å². The van der Waals surface area contributed by atoms with E-state index in [1.807, 2.05) is 18.2 Å². The Morgan fingerprint density at radius 1 is 1.55 bits per heavy atom. The van der Waals surface area contributed by atoms with Gasteiger partial charge in [0.05, 0.1) is 6.61 Å². The Balaban J connectivity index is 1.84. The van der Waals surface area contributed by atoms with Crippen LogP contribution in [0.25, 0.3) is 10.9 Å². The van der Waals surface area contributed by atoms with E-state index in [0.29, 0.717) is 6.61 Å². The summed E-state index contributed by atoms with van der Waals surface area (Å²) in [5, 5.41) is 4.81. The Bertz CT molecular complexity index is 651. The topological polar surface area (TPSA) is 54.1 Å². The lowest BCUT2D eigenvalue weighted by Gasteiger charge is -2.23. The van der Waals surface area contributed by atoms with Gasteiger partial charge in [-0.1, -0.05) is 11.6 Å². The van der Waals surface area contributed by atoms with E-state index in [0.717, 1.165) is 35.2 Å². The van der Waals surface area contributed by atoms with E-state index in [2.05, 4.69) is 10.3 Å². The molecule has 1 aromatic heterocycles. The third-order valence-corrected chi connectivity index (χ3v) is 3.98. The molecule has 0 saturated carbocycles. The van der Waals surface area contributed by atoms with Gasteiger partial charge in [0.15, 0.2) is 0 Å². The fourth-order valence-electron chi connectivity index (χ4n) is 2.85. The van der Waals surface area contributed by atoms with E-state index in [9.17, 15) is 4.79 Å². The number of ether oxygens (including phenoxy) is 1. The molecule has 1 aliphatic carbocycles. The van der Waals surface area contributed by atoms with Crippen LogP contribution in [0.3, 0.4) is 0 Å². The second-order valence-corrected chi connectivity index (χ2v) is 5.51. The number of benzene rings is 1. The Morgan fingerprint density at radius 2 is 2.40 bits per heavy atom. The summed E-state index contributed by atoms with van der Waals surface area (Å²) in [5.74, 6) is 0. The van der Waals surface area contributed by atoms with Crippen LogP contribution in [-0.2, 0) is 17.6 Å². The average Bonchev–Trinajstić information content (AvgIpc) is 2.76. The molecule has 1 amide bonds. The van der Waals surface area contributed by atoms with Crippen LogP contribution < -0.4 is 5.32 Å². The summed E-state index contributed by atoms with van der Waals surface area (Å²) in [4.78, 5) is 15.0. The predicted molar refractivity (Wildman–Crippen MR) is 79.3 cm³/mol. The molecule has 1 unspecified atom stereocenters. The summed E-state index contributed by atoms with van der Waals surface area (Å²) in [5.41, 5.74) is 3.62. The summed E-state index contributed by atoms with van der Waals surface area (Å²) in [6.07, 6.45) is 2.33. The van der Waals surface area contributed by atoms with Gasteiger partial charge in [-0.05, 0) is 49.9 Å². The molecular formula is C15H17ClN2O2. The minimum Gasteiger partial charge on any atom is -0.450 e. The van der Waals surface area contributed by atoms with Crippen molar-refractivity contribution in [1.82, 2.24) is 10.3 Å². The van der Waals surface area contributed by atoms with Crippen LogP contribution in [0, 0.1) is 0 Å². The molecule has 0 bridgehead atoms. The maximum absolute atomic E-state index is 11.5. The second kappa shape index (κ2) is 5.37. The van der Waals surface area contributed by atoms with Gasteiger partial charge in [-0.25, -0.2) is 4.79 Å². The number of amides is 1. The Kier molecular flexibility index (Phi) is 3.57. The van der Waals surface area contributed by atoms with Crippen LogP contribution in [0.2, 0.25) is 5.02 Å². The van der Waals surface area contributed by atoms with Crippen LogP contribution in [-0.4, -0.2) is 23.7 Å². The highest BCUT2D eigenvalue weighted by molar-refractivity contribution is 6.31. The van der Waals surface area contributed by atoms with Gasteiger partial charge in [-0.3, -0.25) is 0 Å². The highest BCUT2D eigenvalue weighted by Crippen LogP contribution is 2.30. The summed E-state index contributed by atoms with van der Waals surface area (Å²) >= 11 is 6.08. The van der Waals surface area contributed by atoms with Gasteiger partial charge < -0.3 is 15.0 Å². The van der Waals surface area contributed by atoms with Crippen LogP contribution in [0.15, 0.2) is 18.2 Å². The molecule has 1 atom stereocenters. The highest BCUT2D eigenvalue weighted by Gasteiger charge is 2.24. The molecule has 106 valence electrons. The zero-order chi connectivity index (χ0) is 14.1. The third kappa shape index (κ3) is 2.48. The van der Waals surface area contributed by atoms with E-state index in [4.69, 9.17) is 16.3 Å². The molecule has 1 aliphatic rings. The fourth-order valence-corrected chi connectivity index (χ4v) is 3.02. The van der Waals surface area contributed by atoms with Crippen LogP contribution in [0.4, 0.5) is 4.79 Å². The van der Waals surface area contributed by atoms with E-state index < -0.39 is 0 Å². The number of aromatic nitrogens is 1. The molecular weight excluding hydrogens is 276 g/mol. The molecule has 0 fully saturated rings. The minimum atomic E-state index is -0.334. The van der Waals surface area contributed by atoms with E-state index in [1.54, 1.807) is 6.92 Å². The number of hydrogen-bond acceptors (Lipinski definition) is 2. The standard InChI is InChI=1S/C15H17ClN2O2/c1-2-20-15(19)17-10-4-6-14-12(8-10)11-7-9(16)3-5-13(11)18-14/h3,5,7,10,18H,2,4,6,8H2,1H3,(H,17,19). The molecule has 4 nitrogen and oxygen atoms in total. The first-order chi connectivity index (χ1) is 9.67. The average molecular weight is 293 g/mol. The van der Waals surface area contributed by atoms with Gasteiger partial charge in [0, 0.05) is 27.7 Å². The first kappa shape index (κ1) is 13.3. The van der Waals surface area contributed by atoms with Crippen molar-refractivity contribution in [2.24, 2.45) is 0 Å². The van der Waals surface area contributed by atoms with Crippen molar-refractivity contribution in [2.45, 2.75) is 32.2 Å². The van der Waals surface area contributed by atoms with Gasteiger partial charge in [-0.2, -0.15) is 0 Å². The van der Waals surface area contributed by atoms with Crippen molar-refractivity contribution >= 4 is 28.6 Å². The molecule has 0 radical (unpaired) electrons. The number of aromatic amines is 1. The van der Waals surface area contributed by atoms with Gasteiger partial charge in [0.2, 0.25) is 0 Å². The largest absolute Gasteiger partial charge is 0.450 e. The molecule has 5 heteroatoms. The number of aryl methyl sites for hydroxylation is 1. The quantitative estimate of drug-likeness (QED) is 0.891. The molecule has 1 heterocycles. The lowest BCUT2D eigenvalue weighted by molar-refractivity contribution is 0.147. The zero-order valence-electron chi connectivity index (χ0n) is 11.3. The predicted octanol–water partition coefficient (Wildman–Crippen LogP) is 3.42. The Labute approximate surface area is 122 Å². The SMILES string of the molecule is CCOC(=O)NC1CCc2[nH]c3ccc(Cl)cc3c2C1. The minimum absolute atomic E-state index is 0.125. The van der Waals surface area contributed by atoms with Crippen molar-refractivity contribution in [3.8, 4) is 0 Å². The number of hydrogen-bond donors (Lipinski definition) is 2. The molecule has 2 aromatic rings. The van der Waals surface area contributed by atoms with Crippen molar-refractivity contribution in [2.75, 3.05) is 6.61 Å². The first-order valence-corrected chi connectivity index (χ1v) is 7.27. The lowest BCUT2D eigenvalue weighted by atomic mass is 9.91. The van der Waals surface area contributed by atoms with Gasteiger partial charge in [0.1, 0.15) is 0 Å². The molecule has 2 N–H and O–H groups in total. The zero-order valence-corrected chi connectivity index (χ0v) is 12.1. The summed E-state index contributed by atoms with van der Waals surface area (Å²) in [6, 6.07) is 6.00. The van der Waals surface area contributed by atoms with Crippen LogP contribution in [0.1, 0.15) is 24.6 Å². The number of carbonyl (C=O) groups excluding carboxylic acids is 1. The molecule has 1 aromatic carbocycles. The summed E-state index contributed by atoms with van der Waals surface area (Å²) in [6.45, 7) is 2.20. The first-order valence-electron chi connectivity index (χ1n) is 6.89. The Hall–Kier alpha value is -1.68. The van der Waals surface area contributed by atoms with Crippen LogP contribution in [0.5, 0.6) is 0 Å². The van der Waals surface area contributed by atoms with Crippen molar-refractivity contribution < 1.29 is 9.53 Å². The fraction of sp³-hybridized carbons (Fsp3) is 0.400. The highest BCUT2D eigenvalue weighted by atomic mass is 35.5. The summed E-state index contributed by atoms with van der Waals surface area (Å²) in [7, 11) is 0. The molecule has 20 heavy (non-hydrogen) atoms. The third-order valence-electron chi connectivity index (χ3n) is 3.75. The smallest absolute Gasteiger partial charge is 0.407 e. The van der Waals surface area contributed by atoms with Gasteiger partial charge >= 0.3 is 6.09 Å². The van der Waals surface area contributed by atoms with Crippen molar-refractivity contribution in [3.63, 3.8) is 0 Å². The van der Waals surface area contributed by atoms with Crippen LogP contribution >= 0.6 is 11.6 Å². The number of H-pyrrole nitrogens is 1. The van der Waals surface area contributed by atoms with E-state index >= 15 is 0 Å². The lowest BCUT2D eigenvalue weighted by Crippen LogP contribution is -2.39.